The van der Waals surface area contributed by atoms with Crippen molar-refractivity contribution < 1.29 is 13.2 Å². The second kappa shape index (κ2) is 5.18. The lowest BCUT2D eigenvalue weighted by Crippen LogP contribution is -2.07. The van der Waals surface area contributed by atoms with Gasteiger partial charge in [-0.15, -0.1) is 5.10 Å². The minimum absolute atomic E-state index is 0.243. The summed E-state index contributed by atoms with van der Waals surface area (Å²) in [6.45, 7) is 0.396. The molecule has 1 heterocycles. The predicted molar refractivity (Wildman–Crippen MR) is 64.1 cm³/mol. The Labute approximate surface area is 112 Å². The smallest absolute Gasteiger partial charge is 0.330 e. The van der Waals surface area contributed by atoms with Gasteiger partial charge in [-0.05, 0) is 24.7 Å². The molecule has 0 unspecified atom stereocenters. The fourth-order valence-corrected chi connectivity index (χ4v) is 1.78. The molecular formula is C11H10ClF3N4. The first-order valence-electron chi connectivity index (χ1n) is 5.40. The first-order chi connectivity index (χ1) is 8.91. The lowest BCUT2D eigenvalue weighted by Gasteiger charge is -2.10. The molecule has 0 aliphatic rings. The highest BCUT2D eigenvalue weighted by Crippen LogP contribution is 2.35. The molecule has 1 aromatic carbocycles. The molecule has 2 aromatic rings. The van der Waals surface area contributed by atoms with E-state index in [4.69, 9.17) is 17.3 Å². The van der Waals surface area contributed by atoms with Crippen molar-refractivity contribution in [2.24, 2.45) is 5.73 Å². The molecule has 0 aliphatic heterocycles. The van der Waals surface area contributed by atoms with E-state index in [2.05, 4.69) is 10.3 Å². The maximum Gasteiger partial charge on any atom is 0.417 e. The second-order valence-electron chi connectivity index (χ2n) is 3.86. The summed E-state index contributed by atoms with van der Waals surface area (Å²) in [6.07, 6.45) is -2.45. The van der Waals surface area contributed by atoms with E-state index < -0.39 is 11.7 Å². The van der Waals surface area contributed by atoms with Crippen molar-refractivity contribution >= 4 is 11.6 Å². The van der Waals surface area contributed by atoms with Gasteiger partial charge in [-0.3, -0.25) is 0 Å². The topological polar surface area (TPSA) is 56.7 Å². The molecule has 8 heteroatoms. The van der Waals surface area contributed by atoms with Crippen LogP contribution in [-0.4, -0.2) is 21.5 Å². The summed E-state index contributed by atoms with van der Waals surface area (Å²) in [7, 11) is 0. The minimum Gasteiger partial charge on any atom is -0.330 e. The molecule has 0 bridgehead atoms. The maximum absolute atomic E-state index is 12.7. The molecular weight excluding hydrogens is 281 g/mol. The fraction of sp³-hybridized carbons (Fsp3) is 0.273. The minimum atomic E-state index is -4.51. The average Bonchev–Trinajstić information content (AvgIpc) is 2.77. The summed E-state index contributed by atoms with van der Waals surface area (Å²) in [6, 6.07) is 3.56. The van der Waals surface area contributed by atoms with Gasteiger partial charge in [0.05, 0.1) is 28.2 Å². The van der Waals surface area contributed by atoms with E-state index in [1.807, 2.05) is 0 Å². The molecule has 0 amide bonds. The van der Waals surface area contributed by atoms with Crippen LogP contribution in [0.2, 0.25) is 5.02 Å². The second-order valence-corrected chi connectivity index (χ2v) is 4.26. The Bertz CT molecular complexity index is 580. The van der Waals surface area contributed by atoms with E-state index in [0.717, 1.165) is 6.07 Å². The molecule has 0 radical (unpaired) electrons. The lowest BCUT2D eigenvalue weighted by atomic mass is 10.2. The molecule has 2 N–H and O–H groups in total. The van der Waals surface area contributed by atoms with Crippen molar-refractivity contribution in [1.82, 2.24) is 15.0 Å². The van der Waals surface area contributed by atoms with E-state index in [0.29, 0.717) is 18.7 Å². The highest BCUT2D eigenvalue weighted by atomic mass is 35.5. The van der Waals surface area contributed by atoms with Crippen LogP contribution in [0.15, 0.2) is 24.4 Å². The van der Waals surface area contributed by atoms with E-state index in [1.54, 1.807) is 0 Å². The Morgan fingerprint density at radius 3 is 2.68 bits per heavy atom. The van der Waals surface area contributed by atoms with Crippen molar-refractivity contribution in [3.63, 3.8) is 0 Å². The van der Waals surface area contributed by atoms with E-state index in [9.17, 15) is 13.2 Å². The van der Waals surface area contributed by atoms with Crippen LogP contribution in [0, 0.1) is 0 Å². The number of aromatic nitrogens is 3. The van der Waals surface area contributed by atoms with Crippen LogP contribution in [0.3, 0.4) is 0 Å². The van der Waals surface area contributed by atoms with Crippen LogP contribution >= 0.6 is 11.6 Å². The zero-order valence-corrected chi connectivity index (χ0v) is 10.4. The molecule has 0 saturated carbocycles. The van der Waals surface area contributed by atoms with Crippen molar-refractivity contribution in [2.45, 2.75) is 12.6 Å². The number of nitrogens with zero attached hydrogens (tertiary/aromatic N) is 3. The summed E-state index contributed by atoms with van der Waals surface area (Å²) in [5, 5.41) is 7.23. The highest BCUT2D eigenvalue weighted by molar-refractivity contribution is 6.31. The van der Waals surface area contributed by atoms with Gasteiger partial charge in [0.15, 0.2) is 0 Å². The van der Waals surface area contributed by atoms with Crippen molar-refractivity contribution in [3.05, 3.63) is 40.7 Å². The van der Waals surface area contributed by atoms with Crippen LogP contribution in [-0.2, 0) is 12.6 Å². The summed E-state index contributed by atoms with van der Waals surface area (Å²) < 4.78 is 39.4. The zero-order chi connectivity index (χ0) is 14.0. The van der Waals surface area contributed by atoms with E-state index in [-0.39, 0.29) is 10.7 Å². The van der Waals surface area contributed by atoms with Crippen LogP contribution in [0.25, 0.3) is 5.69 Å². The lowest BCUT2D eigenvalue weighted by molar-refractivity contribution is -0.137. The number of alkyl halides is 3. The number of nitrogens with two attached hydrogens (primary N) is 1. The number of hydrogen-bond donors (Lipinski definition) is 1. The Balaban J connectivity index is 2.39. The molecule has 19 heavy (non-hydrogen) atoms. The van der Waals surface area contributed by atoms with Gasteiger partial charge < -0.3 is 5.73 Å². The zero-order valence-electron chi connectivity index (χ0n) is 9.65. The molecule has 2 rings (SSSR count). The number of halogens is 4. The Morgan fingerprint density at radius 1 is 1.32 bits per heavy atom. The summed E-state index contributed by atoms with van der Waals surface area (Å²) >= 11 is 5.54. The Morgan fingerprint density at radius 2 is 2.05 bits per heavy atom. The van der Waals surface area contributed by atoms with Gasteiger partial charge in [-0.2, -0.15) is 13.2 Å². The number of hydrogen-bond acceptors (Lipinski definition) is 3. The monoisotopic (exact) mass is 290 g/mol. The van der Waals surface area contributed by atoms with Crippen LogP contribution in [0.5, 0.6) is 0 Å². The van der Waals surface area contributed by atoms with Crippen molar-refractivity contribution in [2.75, 3.05) is 6.54 Å². The molecule has 102 valence electrons. The van der Waals surface area contributed by atoms with Gasteiger partial charge in [0.2, 0.25) is 0 Å². The number of rotatable bonds is 3. The first-order valence-corrected chi connectivity index (χ1v) is 5.78. The van der Waals surface area contributed by atoms with Crippen molar-refractivity contribution in [1.29, 1.82) is 0 Å². The molecule has 0 fully saturated rings. The summed E-state index contributed by atoms with van der Waals surface area (Å²) in [5.41, 5.74) is 5.33. The summed E-state index contributed by atoms with van der Waals surface area (Å²) in [4.78, 5) is 0. The Kier molecular flexibility index (Phi) is 3.77. The third kappa shape index (κ3) is 3.05. The third-order valence-corrected chi connectivity index (χ3v) is 2.79. The van der Waals surface area contributed by atoms with Crippen LogP contribution < -0.4 is 5.73 Å². The SMILES string of the molecule is NCCc1cn(-c2ccc(Cl)c(C(F)(F)F)c2)nn1. The average molecular weight is 291 g/mol. The van der Waals surface area contributed by atoms with Crippen molar-refractivity contribution in [3.8, 4) is 5.69 Å². The van der Waals surface area contributed by atoms with E-state index >= 15 is 0 Å². The van der Waals surface area contributed by atoms with Gasteiger partial charge in [0.1, 0.15) is 0 Å². The van der Waals surface area contributed by atoms with Gasteiger partial charge in [-0.1, -0.05) is 16.8 Å². The first kappa shape index (κ1) is 13.8. The fourth-order valence-electron chi connectivity index (χ4n) is 1.56. The van der Waals surface area contributed by atoms with Gasteiger partial charge in [-0.25, -0.2) is 4.68 Å². The number of benzene rings is 1. The Hall–Kier alpha value is -1.60. The van der Waals surface area contributed by atoms with E-state index in [1.165, 1.54) is 23.0 Å². The maximum atomic E-state index is 12.7. The van der Waals surface area contributed by atoms with Gasteiger partial charge >= 0.3 is 6.18 Å². The molecule has 0 spiro atoms. The predicted octanol–water partition coefficient (Wildman–Crippen LogP) is 2.44. The van der Waals surface area contributed by atoms with Gasteiger partial charge in [0, 0.05) is 6.42 Å². The molecule has 1 aromatic heterocycles. The van der Waals surface area contributed by atoms with Crippen LogP contribution in [0.1, 0.15) is 11.3 Å². The normalized spacial score (nSPS) is 11.8. The molecule has 0 aliphatic carbocycles. The quantitative estimate of drug-likeness (QED) is 0.944. The highest BCUT2D eigenvalue weighted by Gasteiger charge is 2.33. The standard InChI is InChI=1S/C11H10ClF3N4/c12-10-2-1-8(5-9(10)11(13,14)15)19-6-7(3-4-16)17-18-19/h1-2,5-6H,3-4,16H2. The molecule has 0 saturated heterocycles. The summed E-state index contributed by atoms with van der Waals surface area (Å²) in [5.74, 6) is 0. The molecule has 4 nitrogen and oxygen atoms in total. The third-order valence-electron chi connectivity index (χ3n) is 2.46. The van der Waals surface area contributed by atoms with Gasteiger partial charge in [0.25, 0.3) is 0 Å². The largest absolute Gasteiger partial charge is 0.417 e. The molecule has 0 atom stereocenters. The van der Waals surface area contributed by atoms with Crippen LogP contribution in [0.4, 0.5) is 13.2 Å².